The van der Waals surface area contributed by atoms with E-state index in [2.05, 4.69) is 12.1 Å². The van der Waals surface area contributed by atoms with Crippen LogP contribution in [-0.4, -0.2) is 34.4 Å². The van der Waals surface area contributed by atoms with Crippen LogP contribution in [0.5, 0.6) is 0 Å². The number of carbonyl (C=O) groups excluding carboxylic acids is 1. The topological polar surface area (TPSA) is 78.9 Å². The molecule has 0 saturated carbocycles. The lowest BCUT2D eigenvalue weighted by Gasteiger charge is -2.35. The van der Waals surface area contributed by atoms with Crippen molar-refractivity contribution in [3.8, 4) is 0 Å². The zero-order valence-corrected chi connectivity index (χ0v) is 12.4. The first-order valence-electron chi connectivity index (χ1n) is 7.45. The summed E-state index contributed by atoms with van der Waals surface area (Å²) in [5.74, 6) is -0.652. The SMILES string of the molecule is CC1CCCCN1C(=O)C(Cc1ccccc1)C(N)=NO. The van der Waals surface area contributed by atoms with Gasteiger partial charge >= 0.3 is 0 Å². The molecule has 2 unspecified atom stereocenters. The van der Waals surface area contributed by atoms with Crippen LogP contribution in [0.4, 0.5) is 0 Å². The Labute approximate surface area is 125 Å². The Hall–Kier alpha value is -2.04. The van der Waals surface area contributed by atoms with Gasteiger partial charge < -0.3 is 15.8 Å². The smallest absolute Gasteiger partial charge is 0.233 e. The highest BCUT2D eigenvalue weighted by Gasteiger charge is 2.32. The number of piperidine rings is 1. The molecule has 1 aliphatic heterocycles. The second kappa shape index (κ2) is 7.11. The van der Waals surface area contributed by atoms with Gasteiger partial charge in [0.15, 0.2) is 5.84 Å². The van der Waals surface area contributed by atoms with Crippen LogP contribution in [0, 0.1) is 5.92 Å². The van der Waals surface area contributed by atoms with E-state index < -0.39 is 5.92 Å². The Kier molecular flexibility index (Phi) is 5.20. The molecule has 2 atom stereocenters. The summed E-state index contributed by atoms with van der Waals surface area (Å²) < 4.78 is 0. The molecule has 1 fully saturated rings. The highest BCUT2D eigenvalue weighted by molar-refractivity contribution is 6.02. The van der Waals surface area contributed by atoms with Crippen LogP contribution in [0.15, 0.2) is 35.5 Å². The summed E-state index contributed by atoms with van der Waals surface area (Å²) in [5, 5.41) is 12.1. The fraction of sp³-hybridized carbons (Fsp3) is 0.500. The van der Waals surface area contributed by atoms with Crippen molar-refractivity contribution in [1.82, 2.24) is 4.90 Å². The van der Waals surface area contributed by atoms with Gasteiger partial charge in [-0.15, -0.1) is 0 Å². The van der Waals surface area contributed by atoms with Crippen LogP contribution in [0.3, 0.4) is 0 Å². The van der Waals surface area contributed by atoms with E-state index in [1.165, 1.54) is 0 Å². The molecule has 0 aliphatic carbocycles. The van der Waals surface area contributed by atoms with Crippen molar-refractivity contribution in [2.45, 2.75) is 38.6 Å². The van der Waals surface area contributed by atoms with Gasteiger partial charge in [-0.05, 0) is 38.2 Å². The minimum Gasteiger partial charge on any atom is -0.409 e. The summed E-state index contributed by atoms with van der Waals surface area (Å²) in [6, 6.07) is 9.89. The van der Waals surface area contributed by atoms with Gasteiger partial charge in [0, 0.05) is 12.6 Å². The molecule has 1 heterocycles. The summed E-state index contributed by atoms with van der Waals surface area (Å²) in [7, 11) is 0. The lowest BCUT2D eigenvalue weighted by Crippen LogP contribution is -2.48. The van der Waals surface area contributed by atoms with Gasteiger partial charge in [0.05, 0.1) is 0 Å². The Bertz CT molecular complexity index is 502. The Morgan fingerprint density at radius 2 is 2.14 bits per heavy atom. The molecule has 0 bridgehead atoms. The monoisotopic (exact) mass is 289 g/mol. The first kappa shape index (κ1) is 15.4. The molecule has 2 rings (SSSR count). The van der Waals surface area contributed by atoms with Crippen molar-refractivity contribution in [3.05, 3.63) is 35.9 Å². The van der Waals surface area contributed by atoms with E-state index in [0.29, 0.717) is 6.42 Å². The highest BCUT2D eigenvalue weighted by Crippen LogP contribution is 2.21. The number of nitrogens with two attached hydrogens (primary N) is 1. The number of amides is 1. The molecule has 1 aromatic carbocycles. The summed E-state index contributed by atoms with van der Waals surface area (Å²) >= 11 is 0. The highest BCUT2D eigenvalue weighted by atomic mass is 16.4. The van der Waals surface area contributed by atoms with Gasteiger partial charge in [0.1, 0.15) is 5.92 Å². The number of oxime groups is 1. The largest absolute Gasteiger partial charge is 0.409 e. The second-order valence-corrected chi connectivity index (χ2v) is 5.64. The third-order valence-electron chi connectivity index (χ3n) is 4.14. The summed E-state index contributed by atoms with van der Waals surface area (Å²) in [4.78, 5) is 14.6. The first-order valence-corrected chi connectivity index (χ1v) is 7.45. The maximum absolute atomic E-state index is 12.8. The van der Waals surface area contributed by atoms with Crippen LogP contribution in [0.25, 0.3) is 0 Å². The van der Waals surface area contributed by atoms with Crippen molar-refractivity contribution >= 4 is 11.7 Å². The van der Waals surface area contributed by atoms with Crippen molar-refractivity contribution < 1.29 is 10.0 Å². The molecule has 1 aromatic rings. The average molecular weight is 289 g/mol. The van der Waals surface area contributed by atoms with E-state index in [9.17, 15) is 4.79 Å². The van der Waals surface area contributed by atoms with Crippen LogP contribution >= 0.6 is 0 Å². The van der Waals surface area contributed by atoms with E-state index in [1.54, 1.807) is 0 Å². The molecule has 114 valence electrons. The van der Waals surface area contributed by atoms with E-state index in [-0.39, 0.29) is 17.8 Å². The molecule has 1 aliphatic rings. The lowest BCUT2D eigenvalue weighted by atomic mass is 9.94. The fourth-order valence-electron chi connectivity index (χ4n) is 2.86. The van der Waals surface area contributed by atoms with Crippen molar-refractivity contribution in [2.75, 3.05) is 6.54 Å². The molecule has 1 saturated heterocycles. The third kappa shape index (κ3) is 3.74. The van der Waals surface area contributed by atoms with E-state index in [0.717, 1.165) is 31.4 Å². The number of benzene rings is 1. The van der Waals surface area contributed by atoms with Crippen LogP contribution < -0.4 is 5.73 Å². The minimum atomic E-state index is -0.599. The number of carbonyl (C=O) groups is 1. The zero-order chi connectivity index (χ0) is 15.2. The Morgan fingerprint density at radius 1 is 1.43 bits per heavy atom. The number of hydrogen-bond donors (Lipinski definition) is 2. The predicted octanol–water partition coefficient (Wildman–Crippen LogP) is 1.99. The summed E-state index contributed by atoms with van der Waals surface area (Å²) in [6.45, 7) is 2.81. The fourth-order valence-corrected chi connectivity index (χ4v) is 2.86. The molecule has 0 spiro atoms. The summed E-state index contributed by atoms with van der Waals surface area (Å²) in [6.07, 6.45) is 3.64. The van der Waals surface area contributed by atoms with Gasteiger partial charge in [-0.2, -0.15) is 0 Å². The molecule has 0 radical (unpaired) electrons. The second-order valence-electron chi connectivity index (χ2n) is 5.64. The number of rotatable bonds is 4. The zero-order valence-electron chi connectivity index (χ0n) is 12.4. The van der Waals surface area contributed by atoms with Crippen molar-refractivity contribution in [3.63, 3.8) is 0 Å². The van der Waals surface area contributed by atoms with Gasteiger partial charge in [0.2, 0.25) is 5.91 Å². The normalized spacial score (nSPS) is 21.1. The van der Waals surface area contributed by atoms with Gasteiger partial charge in [-0.25, -0.2) is 0 Å². The molecule has 3 N–H and O–H groups in total. The van der Waals surface area contributed by atoms with Gasteiger partial charge in [-0.3, -0.25) is 4.79 Å². The van der Waals surface area contributed by atoms with Gasteiger partial charge in [-0.1, -0.05) is 35.5 Å². The molecular weight excluding hydrogens is 266 g/mol. The first-order chi connectivity index (χ1) is 10.1. The van der Waals surface area contributed by atoms with E-state index in [4.69, 9.17) is 10.9 Å². The average Bonchev–Trinajstić information content (AvgIpc) is 2.53. The molecule has 0 aromatic heterocycles. The number of amidine groups is 1. The molecule has 5 heteroatoms. The van der Waals surface area contributed by atoms with Crippen LogP contribution in [0.2, 0.25) is 0 Å². The van der Waals surface area contributed by atoms with Crippen LogP contribution in [-0.2, 0) is 11.2 Å². The standard InChI is InChI=1S/C16H23N3O2/c1-12-7-5-6-10-19(12)16(20)14(15(17)18-21)11-13-8-3-2-4-9-13/h2-4,8-9,12,14,21H,5-7,10-11H2,1H3,(H2,17,18). The maximum Gasteiger partial charge on any atom is 0.233 e. The quantitative estimate of drug-likeness (QED) is 0.385. The Balaban J connectivity index is 2.17. The van der Waals surface area contributed by atoms with E-state index >= 15 is 0 Å². The predicted molar refractivity (Wildman–Crippen MR) is 82.1 cm³/mol. The summed E-state index contributed by atoms with van der Waals surface area (Å²) in [5.41, 5.74) is 6.78. The molecular formula is C16H23N3O2. The number of likely N-dealkylation sites (tertiary alicyclic amines) is 1. The van der Waals surface area contributed by atoms with E-state index in [1.807, 2.05) is 35.2 Å². The molecule has 5 nitrogen and oxygen atoms in total. The lowest BCUT2D eigenvalue weighted by molar-refractivity contribution is -0.136. The number of nitrogens with zero attached hydrogens (tertiary/aromatic N) is 2. The minimum absolute atomic E-state index is 0.0124. The van der Waals surface area contributed by atoms with Crippen molar-refractivity contribution in [1.29, 1.82) is 0 Å². The Morgan fingerprint density at radius 3 is 2.76 bits per heavy atom. The maximum atomic E-state index is 12.8. The molecule has 1 amide bonds. The van der Waals surface area contributed by atoms with Crippen LogP contribution in [0.1, 0.15) is 31.7 Å². The molecule has 21 heavy (non-hydrogen) atoms. The third-order valence-corrected chi connectivity index (χ3v) is 4.14. The number of hydrogen-bond acceptors (Lipinski definition) is 3. The van der Waals surface area contributed by atoms with Gasteiger partial charge in [0.25, 0.3) is 0 Å². The van der Waals surface area contributed by atoms with Crippen molar-refractivity contribution in [2.24, 2.45) is 16.8 Å².